The molecule has 44 heavy (non-hydrogen) atoms. The van der Waals surface area contributed by atoms with Crippen molar-refractivity contribution in [2.75, 3.05) is 26.2 Å². The van der Waals surface area contributed by atoms with E-state index in [0.29, 0.717) is 23.7 Å². The molecule has 0 aromatic carbocycles. The number of unbranched alkanes of at least 4 members (excludes halogenated alkanes) is 20. The third-order valence-electron chi connectivity index (χ3n) is 10.2. The van der Waals surface area contributed by atoms with Crippen LogP contribution in [0.5, 0.6) is 0 Å². The molecule has 0 bridgehead atoms. The van der Waals surface area contributed by atoms with Crippen molar-refractivity contribution in [3.05, 3.63) is 0 Å². The van der Waals surface area contributed by atoms with Gasteiger partial charge in [-0.25, -0.2) is 0 Å². The predicted molar refractivity (Wildman–Crippen MR) is 192 cm³/mol. The first-order valence-corrected chi connectivity index (χ1v) is 20.2. The molecule has 4 heteroatoms. The predicted octanol–water partition coefficient (Wildman–Crippen LogP) is 11.9. The highest BCUT2D eigenvalue weighted by Crippen LogP contribution is 2.25. The molecule has 0 saturated carbocycles. The van der Waals surface area contributed by atoms with Crippen LogP contribution in [0.15, 0.2) is 0 Å². The van der Waals surface area contributed by atoms with Gasteiger partial charge in [0.05, 0.1) is 0 Å². The van der Waals surface area contributed by atoms with E-state index in [-0.39, 0.29) is 0 Å². The summed E-state index contributed by atoms with van der Waals surface area (Å²) < 4.78 is 0. The largest absolute Gasteiger partial charge is 0.342 e. The Morgan fingerprint density at radius 2 is 0.682 bits per heavy atom. The Morgan fingerprint density at radius 3 is 0.977 bits per heavy atom. The highest BCUT2D eigenvalue weighted by atomic mass is 16.2. The third-order valence-corrected chi connectivity index (χ3v) is 10.2. The van der Waals surface area contributed by atoms with Gasteiger partial charge < -0.3 is 9.80 Å². The van der Waals surface area contributed by atoms with Crippen molar-refractivity contribution in [1.82, 2.24) is 9.80 Å². The fourth-order valence-electron chi connectivity index (χ4n) is 7.04. The number of likely N-dealkylation sites (tertiary alicyclic amines) is 2. The molecule has 0 aromatic rings. The molecule has 2 aliphatic heterocycles. The summed E-state index contributed by atoms with van der Waals surface area (Å²) in [6, 6.07) is 0. The molecule has 0 aromatic heterocycles. The second kappa shape index (κ2) is 29.3. The summed E-state index contributed by atoms with van der Waals surface area (Å²) in [6.45, 7) is 13.0. The van der Waals surface area contributed by atoms with E-state index in [0.717, 1.165) is 64.7 Å². The first kappa shape index (κ1) is 41.0. The fraction of sp³-hybridized carbons (Fsp3) is 0.950. The molecule has 2 atom stereocenters. The van der Waals surface area contributed by atoms with E-state index in [9.17, 15) is 9.59 Å². The van der Waals surface area contributed by atoms with Crippen molar-refractivity contribution in [2.45, 2.75) is 207 Å². The van der Waals surface area contributed by atoms with Crippen LogP contribution in [0.25, 0.3) is 0 Å². The first-order valence-electron chi connectivity index (χ1n) is 20.2. The molecule has 0 spiro atoms. The lowest BCUT2D eigenvalue weighted by Crippen LogP contribution is -2.28. The summed E-state index contributed by atoms with van der Waals surface area (Å²) in [7, 11) is 0. The molecule has 2 saturated heterocycles. The van der Waals surface area contributed by atoms with Crippen LogP contribution >= 0.6 is 0 Å². The maximum Gasteiger partial charge on any atom is 0.225 e. The van der Waals surface area contributed by atoms with Gasteiger partial charge in [-0.15, -0.1) is 0 Å². The van der Waals surface area contributed by atoms with Gasteiger partial charge in [0.25, 0.3) is 0 Å². The van der Waals surface area contributed by atoms with Gasteiger partial charge in [0, 0.05) is 38.0 Å². The van der Waals surface area contributed by atoms with Gasteiger partial charge in [-0.1, -0.05) is 169 Å². The Bertz CT molecular complexity index is 610. The zero-order valence-corrected chi connectivity index (χ0v) is 30.5. The van der Waals surface area contributed by atoms with Gasteiger partial charge in [0.2, 0.25) is 11.8 Å². The summed E-state index contributed by atoms with van der Waals surface area (Å²) in [6.07, 6.45) is 36.8. The number of amides is 2. The Balaban J connectivity index is 0.000000440. The van der Waals surface area contributed by atoms with E-state index in [2.05, 4.69) is 37.5 Å². The number of rotatable bonds is 28. The van der Waals surface area contributed by atoms with Crippen LogP contribution in [0, 0.1) is 11.8 Å². The quantitative estimate of drug-likeness (QED) is 0.0818. The maximum absolute atomic E-state index is 12.2. The van der Waals surface area contributed by atoms with Crippen molar-refractivity contribution >= 4 is 11.8 Å². The van der Waals surface area contributed by atoms with Gasteiger partial charge in [0.1, 0.15) is 0 Å². The zero-order valence-electron chi connectivity index (χ0n) is 30.5. The Morgan fingerprint density at radius 1 is 0.409 bits per heavy atom. The Hall–Kier alpha value is -1.06. The lowest BCUT2D eigenvalue weighted by Gasteiger charge is -2.16. The molecule has 0 radical (unpaired) electrons. The fourth-order valence-corrected chi connectivity index (χ4v) is 7.04. The minimum absolute atomic E-state index is 0.353. The van der Waals surface area contributed by atoms with Crippen LogP contribution in [0.1, 0.15) is 207 Å². The molecule has 0 aliphatic carbocycles. The van der Waals surface area contributed by atoms with Gasteiger partial charge in [-0.3, -0.25) is 9.59 Å². The molecule has 260 valence electrons. The number of carbonyl (C=O) groups is 2. The van der Waals surface area contributed by atoms with Crippen molar-refractivity contribution in [1.29, 1.82) is 0 Å². The number of hydrogen-bond donors (Lipinski definition) is 0. The van der Waals surface area contributed by atoms with Crippen LogP contribution in [-0.2, 0) is 9.59 Å². The average molecular weight is 619 g/mol. The lowest BCUT2D eigenvalue weighted by atomic mass is 9.98. The molecule has 2 unspecified atom stereocenters. The van der Waals surface area contributed by atoms with E-state index < -0.39 is 0 Å². The average Bonchev–Trinajstić information content (AvgIpc) is 3.57. The number of hydrogen-bond acceptors (Lipinski definition) is 2. The van der Waals surface area contributed by atoms with Gasteiger partial charge in [-0.2, -0.15) is 0 Å². The molecule has 2 heterocycles. The molecule has 0 N–H and O–H groups in total. The van der Waals surface area contributed by atoms with Crippen LogP contribution in [0.4, 0.5) is 0 Å². The van der Waals surface area contributed by atoms with Crippen molar-refractivity contribution < 1.29 is 9.59 Å². The van der Waals surface area contributed by atoms with Gasteiger partial charge in [0.15, 0.2) is 0 Å². The SMILES string of the molecule is CCCCCCCCCCCCC1CCN(CCCC)C1=O.CCCCCCCCCCCCC1CCN(CCCC)C1=O. The summed E-state index contributed by atoms with van der Waals surface area (Å²) in [5.41, 5.74) is 0. The lowest BCUT2D eigenvalue weighted by molar-refractivity contribution is -0.132. The molecule has 2 rings (SSSR count). The third kappa shape index (κ3) is 20.1. The maximum atomic E-state index is 12.2. The number of carbonyl (C=O) groups excluding carboxylic acids is 2. The Labute approximate surface area is 276 Å². The van der Waals surface area contributed by atoms with Crippen molar-refractivity contribution in [3.8, 4) is 0 Å². The minimum atomic E-state index is 0.353. The first-order chi connectivity index (χ1) is 21.6. The second-order valence-electron chi connectivity index (χ2n) is 14.3. The molecule has 4 nitrogen and oxygen atoms in total. The monoisotopic (exact) mass is 619 g/mol. The van der Waals surface area contributed by atoms with Crippen LogP contribution in [-0.4, -0.2) is 47.8 Å². The van der Waals surface area contributed by atoms with Crippen LogP contribution in [0.3, 0.4) is 0 Å². The molecular weight excluding hydrogens is 540 g/mol. The van der Waals surface area contributed by atoms with E-state index in [1.807, 2.05) is 0 Å². The number of nitrogens with zero attached hydrogens (tertiary/aromatic N) is 2. The Kier molecular flexibility index (Phi) is 27.3. The molecule has 2 aliphatic rings. The van der Waals surface area contributed by atoms with Crippen molar-refractivity contribution in [3.63, 3.8) is 0 Å². The molecular formula is C40H78N2O2. The summed E-state index contributed by atoms with van der Waals surface area (Å²) in [5, 5.41) is 0. The zero-order chi connectivity index (χ0) is 32.1. The smallest absolute Gasteiger partial charge is 0.225 e. The van der Waals surface area contributed by atoms with E-state index in [1.54, 1.807) is 0 Å². The minimum Gasteiger partial charge on any atom is -0.342 e. The molecule has 2 amide bonds. The van der Waals surface area contributed by atoms with Gasteiger partial charge in [-0.05, 0) is 38.5 Å². The van der Waals surface area contributed by atoms with E-state index in [4.69, 9.17) is 0 Å². The van der Waals surface area contributed by atoms with Gasteiger partial charge >= 0.3 is 0 Å². The van der Waals surface area contributed by atoms with Crippen molar-refractivity contribution in [2.24, 2.45) is 11.8 Å². The summed E-state index contributed by atoms with van der Waals surface area (Å²) in [4.78, 5) is 28.7. The second-order valence-corrected chi connectivity index (χ2v) is 14.3. The molecule has 2 fully saturated rings. The summed E-state index contributed by atoms with van der Waals surface area (Å²) in [5.74, 6) is 1.60. The van der Waals surface area contributed by atoms with Crippen LogP contribution in [0.2, 0.25) is 0 Å². The van der Waals surface area contributed by atoms with E-state index >= 15 is 0 Å². The summed E-state index contributed by atoms with van der Waals surface area (Å²) >= 11 is 0. The topological polar surface area (TPSA) is 40.6 Å². The highest BCUT2D eigenvalue weighted by Gasteiger charge is 2.31. The van der Waals surface area contributed by atoms with Crippen LogP contribution < -0.4 is 0 Å². The normalized spacial score (nSPS) is 18.4. The standard InChI is InChI=1S/2C20H39NO/c2*1-3-5-7-8-9-10-11-12-13-14-15-19-16-18-21(20(19)22)17-6-4-2/h2*19H,3-18H2,1-2H3. The highest BCUT2D eigenvalue weighted by molar-refractivity contribution is 5.81. The van der Waals surface area contributed by atoms with E-state index in [1.165, 1.54) is 141 Å².